The Morgan fingerprint density at radius 3 is 3.11 bits per heavy atom. The van der Waals surface area contributed by atoms with Crippen LogP contribution in [0.2, 0.25) is 0 Å². The first-order valence-electron chi connectivity index (χ1n) is 6.99. The van der Waals surface area contributed by atoms with Crippen LogP contribution in [-0.2, 0) is 6.42 Å². The third kappa shape index (κ3) is 3.00. The van der Waals surface area contributed by atoms with E-state index in [1.165, 1.54) is 29.9 Å². The van der Waals surface area contributed by atoms with Crippen molar-refractivity contribution in [1.82, 2.24) is 5.32 Å². The normalized spacial score (nSPS) is 26.4. The maximum absolute atomic E-state index is 5.91. The maximum Gasteiger partial charge on any atom is 0.164 e. The molecule has 1 N–H and O–H groups in total. The van der Waals surface area contributed by atoms with Crippen LogP contribution in [0, 0.1) is 0 Å². The van der Waals surface area contributed by atoms with Crippen molar-refractivity contribution in [2.45, 2.75) is 31.3 Å². The van der Waals surface area contributed by atoms with E-state index in [0.717, 1.165) is 24.5 Å². The van der Waals surface area contributed by atoms with Gasteiger partial charge in [-0.25, -0.2) is 0 Å². The second-order valence-corrected chi connectivity index (χ2v) is 6.39. The molecular formula is C15H21NO2S. The average molecular weight is 279 g/mol. The topological polar surface area (TPSA) is 30.5 Å². The van der Waals surface area contributed by atoms with Gasteiger partial charge in [0.15, 0.2) is 11.5 Å². The minimum atomic E-state index is 0.434. The summed E-state index contributed by atoms with van der Waals surface area (Å²) in [5.41, 5.74) is 1.26. The van der Waals surface area contributed by atoms with E-state index in [1.807, 2.05) is 12.1 Å². The Morgan fingerprint density at radius 2 is 2.32 bits per heavy atom. The molecule has 0 amide bonds. The molecule has 1 aromatic rings. The molecule has 0 spiro atoms. The summed E-state index contributed by atoms with van der Waals surface area (Å²) in [5, 5.41) is 3.75. The molecule has 0 unspecified atom stereocenters. The van der Waals surface area contributed by atoms with Crippen LogP contribution in [0.4, 0.5) is 0 Å². The number of para-hydroxylation sites is 1. The Kier molecular flexibility index (Phi) is 4.18. The number of hydrogen-bond donors (Lipinski definition) is 1. The second kappa shape index (κ2) is 6.06. The van der Waals surface area contributed by atoms with Gasteiger partial charge in [-0.15, -0.1) is 0 Å². The van der Waals surface area contributed by atoms with E-state index >= 15 is 0 Å². The fourth-order valence-corrected chi connectivity index (χ4v) is 3.95. The molecule has 4 heteroatoms. The first-order valence-corrected chi connectivity index (χ1v) is 8.15. The predicted molar refractivity (Wildman–Crippen MR) is 79.5 cm³/mol. The number of fused-ring (bicyclic) bond motifs is 1. The standard InChI is InChI=1S/C15H21NO2S/c1-17-14-6-2-4-11-8-13(9-18-15(11)14)16-12-5-3-7-19-10-12/h2,4,6,12-13,16H,3,5,7-10H2,1H3/t12-,13+/m0/s1. The number of nitrogens with one attached hydrogen (secondary N) is 1. The van der Waals surface area contributed by atoms with Crippen molar-refractivity contribution in [3.05, 3.63) is 23.8 Å². The zero-order chi connectivity index (χ0) is 13.1. The Hall–Kier alpha value is -0.870. The van der Waals surface area contributed by atoms with E-state index in [1.54, 1.807) is 7.11 Å². The smallest absolute Gasteiger partial charge is 0.164 e. The Labute approximate surface area is 119 Å². The van der Waals surface area contributed by atoms with Gasteiger partial charge in [0.1, 0.15) is 6.61 Å². The molecule has 0 bridgehead atoms. The van der Waals surface area contributed by atoms with Gasteiger partial charge in [0.25, 0.3) is 0 Å². The fourth-order valence-electron chi connectivity index (χ4n) is 2.87. The minimum absolute atomic E-state index is 0.434. The van der Waals surface area contributed by atoms with Gasteiger partial charge in [-0.1, -0.05) is 12.1 Å². The Bertz CT molecular complexity index is 432. The molecule has 2 aliphatic rings. The average Bonchev–Trinajstić information content (AvgIpc) is 2.47. The van der Waals surface area contributed by atoms with Gasteiger partial charge < -0.3 is 14.8 Å². The first kappa shape index (κ1) is 13.1. The molecule has 2 heterocycles. The summed E-state index contributed by atoms with van der Waals surface area (Å²) in [6, 6.07) is 7.23. The van der Waals surface area contributed by atoms with Crippen LogP contribution in [0.1, 0.15) is 18.4 Å². The van der Waals surface area contributed by atoms with E-state index in [9.17, 15) is 0 Å². The molecule has 3 rings (SSSR count). The van der Waals surface area contributed by atoms with E-state index < -0.39 is 0 Å². The monoisotopic (exact) mass is 279 g/mol. The van der Waals surface area contributed by atoms with Crippen molar-refractivity contribution in [2.75, 3.05) is 25.2 Å². The third-order valence-corrected chi connectivity index (χ3v) is 5.02. The molecule has 0 saturated carbocycles. The van der Waals surface area contributed by atoms with Gasteiger partial charge >= 0.3 is 0 Å². The highest BCUT2D eigenvalue weighted by atomic mass is 32.2. The lowest BCUT2D eigenvalue weighted by molar-refractivity contribution is 0.217. The minimum Gasteiger partial charge on any atom is -0.493 e. The zero-order valence-corrected chi connectivity index (χ0v) is 12.2. The second-order valence-electron chi connectivity index (χ2n) is 5.24. The third-order valence-electron chi connectivity index (χ3n) is 3.81. The summed E-state index contributed by atoms with van der Waals surface area (Å²) < 4.78 is 11.3. The van der Waals surface area contributed by atoms with Crippen molar-refractivity contribution in [3.63, 3.8) is 0 Å². The molecule has 1 fully saturated rings. The first-order chi connectivity index (χ1) is 9.36. The van der Waals surface area contributed by atoms with Crippen molar-refractivity contribution in [2.24, 2.45) is 0 Å². The summed E-state index contributed by atoms with van der Waals surface area (Å²) in [4.78, 5) is 0. The summed E-state index contributed by atoms with van der Waals surface area (Å²) in [6.07, 6.45) is 3.67. The molecule has 1 saturated heterocycles. The molecule has 19 heavy (non-hydrogen) atoms. The molecule has 1 aromatic carbocycles. The highest BCUT2D eigenvalue weighted by Gasteiger charge is 2.25. The Balaban J connectivity index is 1.65. The van der Waals surface area contributed by atoms with Gasteiger partial charge in [-0.05, 0) is 36.6 Å². The van der Waals surface area contributed by atoms with Crippen LogP contribution >= 0.6 is 11.8 Å². The van der Waals surface area contributed by atoms with Gasteiger partial charge in [-0.3, -0.25) is 0 Å². The van der Waals surface area contributed by atoms with Gasteiger partial charge in [0.2, 0.25) is 0 Å². The quantitative estimate of drug-likeness (QED) is 0.921. The van der Waals surface area contributed by atoms with Gasteiger partial charge in [-0.2, -0.15) is 11.8 Å². The highest BCUT2D eigenvalue weighted by Crippen LogP contribution is 2.34. The summed E-state index contributed by atoms with van der Waals surface area (Å²) >= 11 is 2.06. The van der Waals surface area contributed by atoms with Crippen molar-refractivity contribution in [3.8, 4) is 11.5 Å². The molecule has 0 aliphatic carbocycles. The largest absolute Gasteiger partial charge is 0.493 e. The number of hydrogen-bond acceptors (Lipinski definition) is 4. The number of methoxy groups -OCH3 is 1. The molecule has 104 valence electrons. The highest BCUT2D eigenvalue weighted by molar-refractivity contribution is 7.99. The number of ether oxygens (including phenoxy) is 2. The summed E-state index contributed by atoms with van der Waals surface area (Å²) in [5.74, 6) is 4.34. The SMILES string of the molecule is COc1cccc2c1OC[C@H](N[C@H]1CCCSC1)C2. The molecule has 2 atom stereocenters. The zero-order valence-electron chi connectivity index (χ0n) is 11.4. The van der Waals surface area contributed by atoms with E-state index in [2.05, 4.69) is 23.1 Å². The van der Waals surface area contributed by atoms with Crippen LogP contribution in [-0.4, -0.2) is 37.3 Å². The molecule has 0 radical (unpaired) electrons. The lowest BCUT2D eigenvalue weighted by Crippen LogP contribution is -2.46. The van der Waals surface area contributed by atoms with E-state index in [-0.39, 0.29) is 0 Å². The molecular weight excluding hydrogens is 258 g/mol. The molecule has 0 aromatic heterocycles. The molecule has 2 aliphatic heterocycles. The van der Waals surface area contributed by atoms with Crippen LogP contribution in [0.5, 0.6) is 11.5 Å². The number of thioether (sulfide) groups is 1. The van der Waals surface area contributed by atoms with Crippen LogP contribution in [0.15, 0.2) is 18.2 Å². The number of rotatable bonds is 3. The van der Waals surface area contributed by atoms with E-state index in [0.29, 0.717) is 12.1 Å². The summed E-state index contributed by atoms with van der Waals surface area (Å²) in [7, 11) is 1.70. The summed E-state index contributed by atoms with van der Waals surface area (Å²) in [6.45, 7) is 0.745. The van der Waals surface area contributed by atoms with E-state index in [4.69, 9.17) is 9.47 Å². The van der Waals surface area contributed by atoms with Crippen LogP contribution in [0.3, 0.4) is 0 Å². The van der Waals surface area contributed by atoms with Gasteiger partial charge in [0, 0.05) is 17.8 Å². The lowest BCUT2D eigenvalue weighted by atomic mass is 10.0. The maximum atomic E-state index is 5.91. The fraction of sp³-hybridized carbons (Fsp3) is 0.600. The Morgan fingerprint density at radius 1 is 1.37 bits per heavy atom. The van der Waals surface area contributed by atoms with Crippen LogP contribution in [0.25, 0.3) is 0 Å². The lowest BCUT2D eigenvalue weighted by Gasteiger charge is -2.32. The van der Waals surface area contributed by atoms with Crippen LogP contribution < -0.4 is 14.8 Å². The van der Waals surface area contributed by atoms with Gasteiger partial charge in [0.05, 0.1) is 7.11 Å². The van der Waals surface area contributed by atoms with Crippen molar-refractivity contribution >= 4 is 11.8 Å². The predicted octanol–water partition coefficient (Wildman–Crippen LogP) is 2.48. The van der Waals surface area contributed by atoms with Crippen molar-refractivity contribution in [1.29, 1.82) is 0 Å². The number of benzene rings is 1. The molecule has 3 nitrogen and oxygen atoms in total. The van der Waals surface area contributed by atoms with Crippen molar-refractivity contribution < 1.29 is 9.47 Å².